The number of carbonyl (C=O) groups excluding carboxylic acids is 2. The number of phenols is 2. The molecule has 5 N–H and O–H groups in total. The van der Waals surface area contributed by atoms with Gasteiger partial charge in [-0.15, -0.1) is 0 Å². The molecule has 0 spiro atoms. The van der Waals surface area contributed by atoms with Gasteiger partial charge in [-0.05, 0) is 6.07 Å². The monoisotopic (exact) mass is 270 g/mol. The van der Waals surface area contributed by atoms with Gasteiger partial charge in [0.1, 0.15) is 0 Å². The van der Waals surface area contributed by atoms with E-state index < -0.39 is 11.8 Å². The van der Waals surface area contributed by atoms with Gasteiger partial charge in [0.15, 0.2) is 11.5 Å². The molecular formula is C12H18N2O5. The zero-order valence-electron chi connectivity index (χ0n) is 10.8. The number of aromatic hydroxyl groups is 2. The Labute approximate surface area is 110 Å². The average molecular weight is 270 g/mol. The van der Waals surface area contributed by atoms with Crippen LogP contribution in [0.4, 0.5) is 0 Å². The number of hydrogen-bond donors (Lipinski definition) is 5. The molecule has 1 aromatic carbocycles. The first kappa shape index (κ1) is 16.7. The Kier molecular flexibility index (Phi) is 7.71. The Balaban J connectivity index is 0.00000154. The summed E-state index contributed by atoms with van der Waals surface area (Å²) in [7, 11) is 0. The lowest BCUT2D eigenvalue weighted by atomic mass is 10.1. The van der Waals surface area contributed by atoms with E-state index in [1.165, 1.54) is 23.7 Å². The highest BCUT2D eigenvalue weighted by Crippen LogP contribution is 2.28. The Morgan fingerprint density at radius 2 is 1.79 bits per heavy atom. The molecule has 7 heteroatoms. The molecule has 1 rings (SSSR count). The number of phenolic OH excluding ortho intramolecular Hbond substituents is 2. The smallest absolute Gasteiger partial charge is 0.262 e. The van der Waals surface area contributed by atoms with Crippen LogP contribution in [0.3, 0.4) is 0 Å². The molecule has 0 bridgehead atoms. The lowest BCUT2D eigenvalue weighted by Crippen LogP contribution is -2.36. The van der Waals surface area contributed by atoms with Crippen LogP contribution in [0, 0.1) is 0 Å². The third-order valence-corrected chi connectivity index (χ3v) is 2.02. The maximum Gasteiger partial charge on any atom is 0.262 e. The summed E-state index contributed by atoms with van der Waals surface area (Å²) in [6, 6.07) is 4.24. The highest BCUT2D eigenvalue weighted by molar-refractivity contribution is 5.85. The van der Waals surface area contributed by atoms with Gasteiger partial charge in [0.2, 0.25) is 5.91 Å². The minimum Gasteiger partial charge on any atom is -0.504 e. The fraction of sp³-hybridized carbons (Fsp3) is 0.333. The predicted molar refractivity (Wildman–Crippen MR) is 67.8 cm³/mol. The number of benzene rings is 1. The third kappa shape index (κ3) is 5.73. The van der Waals surface area contributed by atoms with Crippen molar-refractivity contribution in [3.8, 4) is 11.5 Å². The molecule has 0 saturated heterocycles. The van der Waals surface area contributed by atoms with Crippen LogP contribution in [0.1, 0.15) is 19.4 Å². The first-order valence-corrected chi connectivity index (χ1v) is 5.74. The molecular weight excluding hydrogens is 252 g/mol. The van der Waals surface area contributed by atoms with Crippen molar-refractivity contribution in [3.05, 3.63) is 23.8 Å². The summed E-state index contributed by atoms with van der Waals surface area (Å²) in [5.41, 5.74) is 1.60. The first-order valence-electron chi connectivity index (χ1n) is 5.74. The van der Waals surface area contributed by atoms with Crippen LogP contribution in [0.2, 0.25) is 0 Å². The minimum atomic E-state index is -0.751. The van der Waals surface area contributed by atoms with Gasteiger partial charge >= 0.3 is 0 Å². The summed E-state index contributed by atoms with van der Waals surface area (Å²) in [5, 5.41) is 29.0. The van der Waals surface area contributed by atoms with Gasteiger partial charge in [0.05, 0.1) is 13.0 Å². The summed E-state index contributed by atoms with van der Waals surface area (Å²) in [4.78, 5) is 22.0. The number of nitrogens with one attached hydrogen (secondary N) is 2. The second kappa shape index (κ2) is 8.76. The maximum atomic E-state index is 11.3. The fourth-order valence-electron chi connectivity index (χ4n) is 1.17. The fourth-order valence-corrected chi connectivity index (χ4v) is 1.17. The SMILES string of the molecule is CC.O=C(CNC(=O)Cc1cccc(O)c1O)NO. The Hall–Kier alpha value is -2.28. The average Bonchev–Trinajstić information content (AvgIpc) is 2.43. The van der Waals surface area contributed by atoms with Crippen molar-refractivity contribution in [2.45, 2.75) is 20.3 Å². The second-order valence-electron chi connectivity index (χ2n) is 3.27. The molecule has 0 unspecified atom stereocenters. The topological polar surface area (TPSA) is 119 Å². The van der Waals surface area contributed by atoms with Gasteiger partial charge in [0.25, 0.3) is 5.91 Å². The third-order valence-electron chi connectivity index (χ3n) is 2.02. The van der Waals surface area contributed by atoms with E-state index in [2.05, 4.69) is 5.32 Å². The van der Waals surface area contributed by atoms with Gasteiger partial charge in [0, 0.05) is 5.56 Å². The van der Waals surface area contributed by atoms with Gasteiger partial charge in [-0.1, -0.05) is 26.0 Å². The predicted octanol–water partition coefficient (Wildman–Crippen LogP) is 0.288. The van der Waals surface area contributed by atoms with Crippen LogP contribution in [-0.2, 0) is 16.0 Å². The van der Waals surface area contributed by atoms with Gasteiger partial charge in [-0.2, -0.15) is 0 Å². The molecule has 0 fully saturated rings. The quantitative estimate of drug-likeness (QED) is 0.306. The molecule has 0 heterocycles. The second-order valence-corrected chi connectivity index (χ2v) is 3.27. The lowest BCUT2D eigenvalue weighted by molar-refractivity contribution is -0.131. The van der Waals surface area contributed by atoms with Crippen LogP contribution in [-0.4, -0.2) is 33.8 Å². The van der Waals surface area contributed by atoms with Crippen molar-refractivity contribution in [1.29, 1.82) is 0 Å². The molecule has 0 saturated carbocycles. The van der Waals surface area contributed by atoms with E-state index >= 15 is 0 Å². The van der Waals surface area contributed by atoms with E-state index in [0.717, 1.165) is 0 Å². The molecule has 0 radical (unpaired) electrons. The van der Waals surface area contributed by atoms with Crippen molar-refractivity contribution in [3.63, 3.8) is 0 Å². The number of para-hydroxylation sites is 1. The molecule has 1 aromatic rings. The van der Waals surface area contributed by atoms with Crippen molar-refractivity contribution in [1.82, 2.24) is 10.8 Å². The van der Waals surface area contributed by atoms with Crippen LogP contribution in [0.5, 0.6) is 11.5 Å². The molecule has 7 nitrogen and oxygen atoms in total. The molecule has 106 valence electrons. The van der Waals surface area contributed by atoms with Crippen molar-refractivity contribution in [2.24, 2.45) is 0 Å². The largest absolute Gasteiger partial charge is 0.504 e. The Bertz CT molecular complexity index is 434. The Morgan fingerprint density at radius 3 is 2.37 bits per heavy atom. The van der Waals surface area contributed by atoms with E-state index in [9.17, 15) is 19.8 Å². The first-order chi connectivity index (χ1) is 9.04. The summed E-state index contributed by atoms with van der Waals surface area (Å²) in [5.74, 6) is -1.95. The van der Waals surface area contributed by atoms with E-state index in [4.69, 9.17) is 5.21 Å². The standard InChI is InChI=1S/C10H12N2O5.C2H6/c13-7-3-1-2-6(10(7)16)4-8(14)11-5-9(15)12-17;1-2/h1-3,13,16-17H,4-5H2,(H,11,14)(H,12,15);1-2H3. The maximum absolute atomic E-state index is 11.3. The number of carbonyl (C=O) groups is 2. The number of amides is 2. The highest BCUT2D eigenvalue weighted by Gasteiger charge is 2.11. The summed E-state index contributed by atoms with van der Waals surface area (Å²) < 4.78 is 0. The van der Waals surface area contributed by atoms with Crippen molar-refractivity contribution in [2.75, 3.05) is 6.54 Å². The van der Waals surface area contributed by atoms with Crippen LogP contribution in [0.25, 0.3) is 0 Å². The number of hydroxylamine groups is 1. The minimum absolute atomic E-state index is 0.182. The molecule has 0 aliphatic rings. The van der Waals surface area contributed by atoms with Gasteiger partial charge < -0.3 is 15.5 Å². The van der Waals surface area contributed by atoms with E-state index in [1.54, 1.807) is 0 Å². The van der Waals surface area contributed by atoms with Crippen molar-refractivity contribution < 1.29 is 25.0 Å². The van der Waals surface area contributed by atoms with E-state index in [1.807, 2.05) is 13.8 Å². The zero-order chi connectivity index (χ0) is 14.8. The molecule has 19 heavy (non-hydrogen) atoms. The van der Waals surface area contributed by atoms with E-state index in [-0.39, 0.29) is 30.0 Å². The summed E-state index contributed by atoms with van der Waals surface area (Å²) in [6.45, 7) is 3.63. The number of rotatable bonds is 4. The zero-order valence-corrected chi connectivity index (χ0v) is 10.8. The Morgan fingerprint density at radius 1 is 1.16 bits per heavy atom. The van der Waals surface area contributed by atoms with E-state index in [0.29, 0.717) is 0 Å². The molecule has 0 atom stereocenters. The summed E-state index contributed by atoms with van der Waals surface area (Å²) in [6.07, 6.45) is -0.182. The van der Waals surface area contributed by atoms with Crippen LogP contribution < -0.4 is 10.8 Å². The lowest BCUT2D eigenvalue weighted by Gasteiger charge is -2.06. The van der Waals surface area contributed by atoms with Gasteiger partial charge in [-0.3, -0.25) is 14.8 Å². The highest BCUT2D eigenvalue weighted by atomic mass is 16.5. The summed E-state index contributed by atoms with van der Waals surface area (Å²) >= 11 is 0. The normalized spacial score (nSPS) is 9.00. The van der Waals surface area contributed by atoms with Crippen molar-refractivity contribution >= 4 is 11.8 Å². The molecule has 2 amide bonds. The molecule has 0 aliphatic heterocycles. The van der Waals surface area contributed by atoms with Gasteiger partial charge in [-0.25, -0.2) is 5.48 Å². The molecule has 0 aromatic heterocycles. The molecule has 0 aliphatic carbocycles. The number of hydrogen-bond acceptors (Lipinski definition) is 5. The van der Waals surface area contributed by atoms with Crippen LogP contribution in [0.15, 0.2) is 18.2 Å². The van der Waals surface area contributed by atoms with Crippen LogP contribution >= 0.6 is 0 Å².